The summed E-state index contributed by atoms with van der Waals surface area (Å²) in [6, 6.07) is 3.89. The summed E-state index contributed by atoms with van der Waals surface area (Å²) >= 11 is 1.41. The van der Waals surface area contributed by atoms with Crippen molar-refractivity contribution in [3.63, 3.8) is 0 Å². The van der Waals surface area contributed by atoms with Crippen LogP contribution in [0.3, 0.4) is 0 Å². The first-order valence-corrected chi connectivity index (χ1v) is 7.41. The van der Waals surface area contributed by atoms with Crippen LogP contribution in [0.4, 0.5) is 0 Å². The third-order valence-electron chi connectivity index (χ3n) is 2.88. The van der Waals surface area contributed by atoms with Crippen molar-refractivity contribution in [1.29, 1.82) is 0 Å². The molecule has 0 unspecified atom stereocenters. The molecule has 1 heterocycles. The van der Waals surface area contributed by atoms with Gasteiger partial charge in [0.1, 0.15) is 0 Å². The summed E-state index contributed by atoms with van der Waals surface area (Å²) in [5, 5.41) is 2.72. The van der Waals surface area contributed by atoms with Crippen LogP contribution in [0.1, 0.15) is 40.2 Å². The summed E-state index contributed by atoms with van der Waals surface area (Å²) in [6.07, 6.45) is 2.11. The van der Waals surface area contributed by atoms with Gasteiger partial charge in [0.2, 0.25) is 0 Å². The van der Waals surface area contributed by atoms with Crippen molar-refractivity contribution in [3.8, 4) is 0 Å². The zero-order chi connectivity index (χ0) is 14.5. The lowest BCUT2D eigenvalue weighted by atomic mass is 10.2. The molecule has 1 saturated carbocycles. The molecule has 1 N–H and O–H groups in total. The maximum atomic E-state index is 11.8. The third-order valence-corrected chi connectivity index (χ3v) is 3.92. The molecule has 108 valence electrons. The van der Waals surface area contributed by atoms with Crippen molar-refractivity contribution in [3.05, 3.63) is 21.9 Å². The number of Topliss-reactive ketones (excluding diaryl/α,β-unsaturated/α-hetero) is 1. The standard InChI is InChI=1S/C14H17NO4S/c1-9-2-6-12(20-9)11(16)5-7-14(18)19-8-13(17)15-10-3-4-10/h2,6,10H,3-5,7-8H2,1H3,(H,15,17). The summed E-state index contributed by atoms with van der Waals surface area (Å²) in [4.78, 5) is 36.2. The van der Waals surface area contributed by atoms with Gasteiger partial charge in [0.15, 0.2) is 12.4 Å². The van der Waals surface area contributed by atoms with E-state index >= 15 is 0 Å². The average Bonchev–Trinajstić information content (AvgIpc) is 3.12. The molecule has 0 radical (unpaired) electrons. The van der Waals surface area contributed by atoms with Crippen LogP contribution in [0, 0.1) is 6.92 Å². The van der Waals surface area contributed by atoms with Gasteiger partial charge in [-0.1, -0.05) is 0 Å². The van der Waals surface area contributed by atoms with E-state index in [0.29, 0.717) is 4.88 Å². The van der Waals surface area contributed by atoms with E-state index in [0.717, 1.165) is 17.7 Å². The van der Waals surface area contributed by atoms with Gasteiger partial charge in [-0.05, 0) is 31.9 Å². The Kier molecular flexibility index (Phi) is 4.89. The number of ether oxygens (including phenoxy) is 1. The molecule has 1 aromatic rings. The van der Waals surface area contributed by atoms with Crippen molar-refractivity contribution in [2.24, 2.45) is 0 Å². The predicted octanol–water partition coefficient (Wildman–Crippen LogP) is 1.84. The first kappa shape index (κ1) is 14.7. The number of carbonyl (C=O) groups excluding carboxylic acids is 3. The fourth-order valence-electron chi connectivity index (χ4n) is 1.64. The van der Waals surface area contributed by atoms with Crippen molar-refractivity contribution >= 4 is 29.0 Å². The highest BCUT2D eigenvalue weighted by Crippen LogP contribution is 2.18. The summed E-state index contributed by atoms with van der Waals surface area (Å²) in [5.41, 5.74) is 0. The van der Waals surface area contributed by atoms with E-state index in [1.54, 1.807) is 6.07 Å². The molecular weight excluding hydrogens is 278 g/mol. The number of carbonyl (C=O) groups is 3. The summed E-state index contributed by atoms with van der Waals surface area (Å²) in [6.45, 7) is 1.66. The predicted molar refractivity (Wildman–Crippen MR) is 74.7 cm³/mol. The SMILES string of the molecule is Cc1ccc(C(=O)CCC(=O)OCC(=O)NC2CC2)s1. The van der Waals surface area contributed by atoms with E-state index < -0.39 is 5.97 Å². The monoisotopic (exact) mass is 295 g/mol. The number of hydrogen-bond donors (Lipinski definition) is 1. The van der Waals surface area contributed by atoms with Crippen molar-refractivity contribution in [2.45, 2.75) is 38.6 Å². The number of esters is 1. The van der Waals surface area contributed by atoms with Crippen LogP contribution in [0.5, 0.6) is 0 Å². The fourth-order valence-corrected chi connectivity index (χ4v) is 2.47. The van der Waals surface area contributed by atoms with Crippen LogP contribution >= 0.6 is 11.3 Å². The number of nitrogens with one attached hydrogen (secondary N) is 1. The third kappa shape index (κ3) is 4.77. The van der Waals surface area contributed by atoms with Crippen molar-refractivity contribution in [2.75, 3.05) is 6.61 Å². The lowest BCUT2D eigenvalue weighted by Gasteiger charge is -2.04. The Morgan fingerprint density at radius 2 is 2.05 bits per heavy atom. The van der Waals surface area contributed by atoms with E-state index in [1.165, 1.54) is 11.3 Å². The Morgan fingerprint density at radius 1 is 1.30 bits per heavy atom. The van der Waals surface area contributed by atoms with Gasteiger partial charge in [-0.25, -0.2) is 0 Å². The smallest absolute Gasteiger partial charge is 0.306 e. The van der Waals surface area contributed by atoms with Crippen LogP contribution in [0.25, 0.3) is 0 Å². The summed E-state index contributed by atoms with van der Waals surface area (Å²) in [7, 11) is 0. The number of thiophene rings is 1. The average molecular weight is 295 g/mol. The number of rotatable bonds is 7. The molecule has 0 saturated heterocycles. The zero-order valence-corrected chi connectivity index (χ0v) is 12.1. The minimum absolute atomic E-state index is 0.00644. The summed E-state index contributed by atoms with van der Waals surface area (Å²) in [5.74, 6) is -0.860. The maximum absolute atomic E-state index is 11.8. The quantitative estimate of drug-likeness (QED) is 0.615. The fraction of sp³-hybridized carbons (Fsp3) is 0.500. The molecule has 6 heteroatoms. The zero-order valence-electron chi connectivity index (χ0n) is 11.3. The van der Waals surface area contributed by atoms with Crippen LogP contribution in [-0.4, -0.2) is 30.3 Å². The Bertz CT molecular complexity index is 519. The second-order valence-corrected chi connectivity index (χ2v) is 6.12. The van der Waals surface area contributed by atoms with Crippen molar-refractivity contribution < 1.29 is 19.1 Å². The van der Waals surface area contributed by atoms with Gasteiger partial charge in [0.05, 0.1) is 11.3 Å². The van der Waals surface area contributed by atoms with E-state index in [4.69, 9.17) is 4.74 Å². The summed E-state index contributed by atoms with van der Waals surface area (Å²) < 4.78 is 4.82. The molecule has 1 fully saturated rings. The Labute approximate surface area is 121 Å². The number of amides is 1. The number of aryl methyl sites for hydroxylation is 1. The molecule has 1 aliphatic carbocycles. The van der Waals surface area contributed by atoms with Crippen LogP contribution in [0.2, 0.25) is 0 Å². The van der Waals surface area contributed by atoms with Gasteiger partial charge in [-0.3, -0.25) is 14.4 Å². The normalized spacial score (nSPS) is 13.8. The van der Waals surface area contributed by atoms with Gasteiger partial charge in [0, 0.05) is 17.3 Å². The lowest BCUT2D eigenvalue weighted by Crippen LogP contribution is -2.30. The molecule has 1 aromatic heterocycles. The molecule has 0 aromatic carbocycles. The number of ketones is 1. The highest BCUT2D eigenvalue weighted by molar-refractivity contribution is 7.14. The lowest BCUT2D eigenvalue weighted by molar-refractivity contribution is -0.148. The topological polar surface area (TPSA) is 72.5 Å². The highest BCUT2D eigenvalue weighted by Gasteiger charge is 2.23. The maximum Gasteiger partial charge on any atom is 0.306 e. The molecule has 0 spiro atoms. The largest absolute Gasteiger partial charge is 0.456 e. The van der Waals surface area contributed by atoms with Gasteiger partial charge in [-0.2, -0.15) is 0 Å². The second-order valence-electron chi connectivity index (χ2n) is 4.84. The molecule has 0 atom stereocenters. The second kappa shape index (κ2) is 6.65. The van der Waals surface area contributed by atoms with Gasteiger partial charge in [0.25, 0.3) is 5.91 Å². The molecule has 5 nitrogen and oxygen atoms in total. The minimum Gasteiger partial charge on any atom is -0.456 e. The van der Waals surface area contributed by atoms with E-state index in [1.807, 2.05) is 13.0 Å². The molecule has 1 amide bonds. The molecule has 20 heavy (non-hydrogen) atoms. The molecule has 2 rings (SSSR count). The van der Waals surface area contributed by atoms with Crippen LogP contribution < -0.4 is 5.32 Å². The minimum atomic E-state index is -0.516. The Morgan fingerprint density at radius 3 is 2.65 bits per heavy atom. The Hall–Kier alpha value is -1.69. The molecular formula is C14H17NO4S. The molecule has 0 aliphatic heterocycles. The first-order valence-electron chi connectivity index (χ1n) is 6.59. The van der Waals surface area contributed by atoms with E-state index in [-0.39, 0.29) is 37.2 Å². The first-order chi connectivity index (χ1) is 9.54. The Balaban J connectivity index is 1.64. The highest BCUT2D eigenvalue weighted by atomic mass is 32.1. The van der Waals surface area contributed by atoms with Crippen LogP contribution in [-0.2, 0) is 14.3 Å². The number of hydrogen-bond acceptors (Lipinski definition) is 5. The van der Waals surface area contributed by atoms with Gasteiger partial charge < -0.3 is 10.1 Å². The van der Waals surface area contributed by atoms with Crippen LogP contribution in [0.15, 0.2) is 12.1 Å². The van der Waals surface area contributed by atoms with Gasteiger partial charge in [-0.15, -0.1) is 11.3 Å². The van der Waals surface area contributed by atoms with Gasteiger partial charge >= 0.3 is 5.97 Å². The van der Waals surface area contributed by atoms with E-state index in [9.17, 15) is 14.4 Å². The molecule has 1 aliphatic rings. The molecule has 0 bridgehead atoms. The van der Waals surface area contributed by atoms with Crippen molar-refractivity contribution in [1.82, 2.24) is 5.32 Å². The van der Waals surface area contributed by atoms with E-state index in [2.05, 4.69) is 5.32 Å².